The van der Waals surface area contributed by atoms with E-state index in [9.17, 15) is 0 Å². The molecule has 1 saturated heterocycles. The Morgan fingerprint density at radius 2 is 1.90 bits per heavy atom. The summed E-state index contributed by atoms with van der Waals surface area (Å²) in [5, 5.41) is 3.84. The van der Waals surface area contributed by atoms with Crippen molar-refractivity contribution in [1.82, 2.24) is 5.32 Å². The Bertz CT molecular complexity index is 478. The van der Waals surface area contributed by atoms with E-state index >= 15 is 0 Å². The fraction of sp³-hybridized carbons (Fsp3) is 0.667. The molecule has 4 rings (SSSR count). The van der Waals surface area contributed by atoms with E-state index in [0.717, 1.165) is 6.54 Å². The van der Waals surface area contributed by atoms with Crippen LogP contribution in [0.2, 0.25) is 0 Å². The maximum atomic E-state index is 6.76. The zero-order valence-corrected chi connectivity index (χ0v) is 12.2. The number of morpholine rings is 1. The molecule has 2 atom stereocenters. The molecule has 2 unspecified atom stereocenters. The molecular formula is C18H25NO. The molecule has 1 N–H and O–H groups in total. The molecule has 1 spiro atoms. The van der Waals surface area contributed by atoms with Crippen LogP contribution in [0.3, 0.4) is 0 Å². The summed E-state index contributed by atoms with van der Waals surface area (Å²) in [7, 11) is 0. The van der Waals surface area contributed by atoms with Gasteiger partial charge < -0.3 is 10.1 Å². The molecule has 0 bridgehead atoms. The van der Waals surface area contributed by atoms with Crippen molar-refractivity contribution in [2.24, 2.45) is 0 Å². The first-order valence-electron chi connectivity index (χ1n) is 8.35. The highest BCUT2D eigenvalue weighted by Crippen LogP contribution is 2.42. The molecule has 0 radical (unpaired) electrons. The molecule has 2 nitrogen and oxygen atoms in total. The predicted molar refractivity (Wildman–Crippen MR) is 80.8 cm³/mol. The highest BCUT2D eigenvalue weighted by Gasteiger charge is 2.43. The van der Waals surface area contributed by atoms with E-state index in [0.29, 0.717) is 6.04 Å². The lowest BCUT2D eigenvalue weighted by atomic mass is 9.82. The first-order chi connectivity index (χ1) is 9.86. The van der Waals surface area contributed by atoms with Gasteiger partial charge in [0, 0.05) is 12.6 Å². The number of ether oxygens (including phenoxy) is 1. The minimum absolute atomic E-state index is 0.122. The fourth-order valence-electron chi connectivity index (χ4n) is 4.39. The molecule has 0 amide bonds. The summed E-state index contributed by atoms with van der Waals surface area (Å²) >= 11 is 0. The second-order valence-corrected chi connectivity index (χ2v) is 6.86. The minimum Gasteiger partial charge on any atom is -0.364 e. The van der Waals surface area contributed by atoms with Crippen LogP contribution in [0.5, 0.6) is 0 Å². The molecule has 2 aliphatic carbocycles. The van der Waals surface area contributed by atoms with Crippen LogP contribution in [-0.4, -0.2) is 18.2 Å². The molecule has 0 aromatic heterocycles. The maximum absolute atomic E-state index is 6.76. The Hall–Kier alpha value is -0.860. The van der Waals surface area contributed by atoms with Gasteiger partial charge in [-0.05, 0) is 43.2 Å². The van der Waals surface area contributed by atoms with Crippen molar-refractivity contribution >= 4 is 0 Å². The van der Waals surface area contributed by atoms with Gasteiger partial charge in [-0.3, -0.25) is 0 Å². The van der Waals surface area contributed by atoms with Gasteiger partial charge in [-0.25, -0.2) is 0 Å². The van der Waals surface area contributed by atoms with Crippen LogP contribution in [0.15, 0.2) is 24.3 Å². The van der Waals surface area contributed by atoms with Crippen LogP contribution in [0.25, 0.3) is 0 Å². The average molecular weight is 271 g/mol. The number of benzene rings is 1. The zero-order valence-electron chi connectivity index (χ0n) is 12.2. The molecule has 1 heterocycles. The van der Waals surface area contributed by atoms with E-state index in [1.807, 2.05) is 0 Å². The van der Waals surface area contributed by atoms with E-state index in [2.05, 4.69) is 29.6 Å². The summed E-state index contributed by atoms with van der Waals surface area (Å²) < 4.78 is 6.76. The quantitative estimate of drug-likeness (QED) is 0.776. The van der Waals surface area contributed by atoms with Gasteiger partial charge in [0.1, 0.15) is 0 Å². The van der Waals surface area contributed by atoms with Crippen LogP contribution in [0, 0.1) is 0 Å². The molecule has 3 aliphatic rings. The fourth-order valence-corrected chi connectivity index (χ4v) is 4.39. The van der Waals surface area contributed by atoms with Gasteiger partial charge in [-0.2, -0.15) is 0 Å². The number of aryl methyl sites for hydroxylation is 1. The molecule has 1 aromatic rings. The minimum atomic E-state index is 0.122. The predicted octanol–water partition coefficient (Wildman–Crippen LogP) is 3.76. The van der Waals surface area contributed by atoms with Crippen molar-refractivity contribution in [3.63, 3.8) is 0 Å². The van der Waals surface area contributed by atoms with E-state index in [1.54, 1.807) is 0 Å². The highest BCUT2D eigenvalue weighted by atomic mass is 16.5. The Morgan fingerprint density at radius 3 is 2.80 bits per heavy atom. The van der Waals surface area contributed by atoms with Crippen LogP contribution >= 0.6 is 0 Å². The first kappa shape index (κ1) is 12.8. The van der Waals surface area contributed by atoms with Crippen molar-refractivity contribution in [1.29, 1.82) is 0 Å². The van der Waals surface area contributed by atoms with Gasteiger partial charge in [-0.1, -0.05) is 43.5 Å². The summed E-state index contributed by atoms with van der Waals surface area (Å²) in [5.74, 6) is 0. The van der Waals surface area contributed by atoms with Gasteiger partial charge in [-0.15, -0.1) is 0 Å². The average Bonchev–Trinajstić information content (AvgIpc) is 2.67. The second-order valence-electron chi connectivity index (χ2n) is 6.86. The molecule has 2 heteroatoms. The van der Waals surface area contributed by atoms with Gasteiger partial charge in [0.05, 0.1) is 11.7 Å². The van der Waals surface area contributed by atoms with Crippen LogP contribution in [-0.2, 0) is 11.2 Å². The third-order valence-electron chi connectivity index (χ3n) is 5.52. The molecule has 108 valence electrons. The number of nitrogens with one attached hydrogen (secondary N) is 1. The third kappa shape index (κ3) is 2.19. The topological polar surface area (TPSA) is 21.3 Å². The summed E-state index contributed by atoms with van der Waals surface area (Å²) in [6.45, 7) is 1.07. The van der Waals surface area contributed by atoms with E-state index in [4.69, 9.17) is 4.74 Å². The van der Waals surface area contributed by atoms with E-state index in [1.165, 1.54) is 62.5 Å². The molecule has 1 aromatic carbocycles. The molecule has 1 saturated carbocycles. The lowest BCUT2D eigenvalue weighted by Crippen LogP contribution is -2.56. The first-order valence-corrected chi connectivity index (χ1v) is 8.35. The number of fused-ring (bicyclic) bond motifs is 3. The standard InChI is InChI=1S/C18H25NO/c1-4-11-18(12-5-1)13-19-16-10-6-8-14-7-2-3-9-15(14)17(16)20-18/h2-3,7,9,16-17,19H,1,4-6,8,10-13H2. The zero-order chi connectivity index (χ0) is 13.4. The van der Waals surface area contributed by atoms with Gasteiger partial charge in [0.25, 0.3) is 0 Å². The van der Waals surface area contributed by atoms with Crippen molar-refractivity contribution < 1.29 is 4.74 Å². The van der Waals surface area contributed by atoms with E-state index < -0.39 is 0 Å². The largest absolute Gasteiger partial charge is 0.364 e. The van der Waals surface area contributed by atoms with Gasteiger partial charge >= 0.3 is 0 Å². The smallest absolute Gasteiger partial charge is 0.0988 e. The van der Waals surface area contributed by atoms with Crippen molar-refractivity contribution in [3.05, 3.63) is 35.4 Å². The summed E-state index contributed by atoms with van der Waals surface area (Å²) in [4.78, 5) is 0. The number of rotatable bonds is 0. The van der Waals surface area contributed by atoms with Crippen molar-refractivity contribution in [2.75, 3.05) is 6.54 Å². The maximum Gasteiger partial charge on any atom is 0.0988 e. The monoisotopic (exact) mass is 271 g/mol. The Morgan fingerprint density at radius 1 is 1.05 bits per heavy atom. The molecule has 2 fully saturated rings. The number of hydrogen-bond acceptors (Lipinski definition) is 2. The van der Waals surface area contributed by atoms with Crippen LogP contribution < -0.4 is 5.32 Å². The second kappa shape index (κ2) is 5.16. The Labute approximate surface area is 121 Å². The summed E-state index contributed by atoms with van der Waals surface area (Å²) in [5.41, 5.74) is 3.08. The summed E-state index contributed by atoms with van der Waals surface area (Å²) in [6, 6.07) is 9.45. The summed E-state index contributed by atoms with van der Waals surface area (Å²) in [6.07, 6.45) is 10.5. The highest BCUT2D eigenvalue weighted by molar-refractivity contribution is 5.32. The van der Waals surface area contributed by atoms with Crippen LogP contribution in [0.1, 0.15) is 62.2 Å². The molecule has 20 heavy (non-hydrogen) atoms. The Balaban J connectivity index is 1.66. The van der Waals surface area contributed by atoms with Crippen molar-refractivity contribution in [3.8, 4) is 0 Å². The lowest BCUT2D eigenvalue weighted by Gasteiger charge is -2.47. The van der Waals surface area contributed by atoms with Gasteiger partial charge in [0.2, 0.25) is 0 Å². The van der Waals surface area contributed by atoms with Crippen LogP contribution in [0.4, 0.5) is 0 Å². The normalized spacial score (nSPS) is 32.2. The van der Waals surface area contributed by atoms with Crippen molar-refractivity contribution in [2.45, 2.75) is 69.1 Å². The third-order valence-corrected chi connectivity index (χ3v) is 5.52. The SMILES string of the molecule is c1ccc2c(c1)CCCC1NCC3(CCCCC3)OC21. The lowest BCUT2D eigenvalue weighted by molar-refractivity contribution is -0.154. The molecule has 1 aliphatic heterocycles. The molecular weight excluding hydrogens is 246 g/mol. The Kier molecular flexibility index (Phi) is 3.31. The van der Waals surface area contributed by atoms with E-state index in [-0.39, 0.29) is 11.7 Å². The van der Waals surface area contributed by atoms with Gasteiger partial charge in [0.15, 0.2) is 0 Å². The number of hydrogen-bond donors (Lipinski definition) is 1.